The van der Waals surface area contributed by atoms with Crippen LogP contribution in [0.5, 0.6) is 0 Å². The number of hydrogen-bond acceptors (Lipinski definition) is 1. The molecule has 0 saturated heterocycles. The van der Waals surface area contributed by atoms with Crippen LogP contribution in [0, 0.1) is 0 Å². The van der Waals surface area contributed by atoms with Gasteiger partial charge in [-0.3, -0.25) is 0 Å². The Morgan fingerprint density at radius 1 is 1.20 bits per heavy atom. The fourth-order valence-corrected chi connectivity index (χ4v) is 1.43. The van der Waals surface area contributed by atoms with Crippen LogP contribution < -0.4 is 5.32 Å². The fraction of sp³-hybridized carbons (Fsp3) is 0.231. The van der Waals surface area contributed by atoms with E-state index in [4.69, 9.17) is 0 Å². The van der Waals surface area contributed by atoms with Gasteiger partial charge in [0.15, 0.2) is 0 Å². The lowest BCUT2D eigenvalue weighted by Gasteiger charge is -2.09. The molecule has 0 aliphatic rings. The zero-order chi connectivity index (χ0) is 11.1. The van der Waals surface area contributed by atoms with Gasteiger partial charge in [-0.25, -0.2) is 0 Å². The second-order valence-corrected chi connectivity index (χ2v) is 4.06. The summed E-state index contributed by atoms with van der Waals surface area (Å²) in [5.74, 6) is 0. The van der Waals surface area contributed by atoms with Crippen molar-refractivity contribution < 1.29 is 0 Å². The van der Waals surface area contributed by atoms with Gasteiger partial charge in [0.05, 0.1) is 0 Å². The molecular weight excluding hydrogens is 250 g/mol. The summed E-state index contributed by atoms with van der Waals surface area (Å²) in [6.07, 6.45) is 0.831. The zero-order valence-corrected chi connectivity index (χ0v) is 10.4. The second-order valence-electron chi connectivity index (χ2n) is 3.50. The van der Waals surface area contributed by atoms with Gasteiger partial charge >= 0.3 is 0 Å². The molecule has 1 aromatic carbocycles. The highest BCUT2D eigenvalue weighted by atomic mass is 79.9. The first kappa shape index (κ1) is 12.1. The quantitative estimate of drug-likeness (QED) is 0.612. The van der Waals surface area contributed by atoms with E-state index in [1.165, 1.54) is 5.56 Å². The fourth-order valence-electron chi connectivity index (χ4n) is 1.23. The summed E-state index contributed by atoms with van der Waals surface area (Å²) < 4.78 is 0. The monoisotopic (exact) mass is 265 g/mol. The molecule has 0 aliphatic carbocycles. The molecule has 0 aromatic heterocycles. The molecule has 1 aromatic rings. The lowest BCUT2D eigenvalue weighted by atomic mass is 10.2. The van der Waals surface area contributed by atoms with E-state index in [1.54, 1.807) is 0 Å². The lowest BCUT2D eigenvalue weighted by Crippen LogP contribution is -2.12. The molecule has 15 heavy (non-hydrogen) atoms. The van der Waals surface area contributed by atoms with Crippen LogP contribution in [0.15, 0.2) is 54.8 Å². The van der Waals surface area contributed by atoms with E-state index >= 15 is 0 Å². The van der Waals surface area contributed by atoms with Crippen LogP contribution in [0.4, 0.5) is 0 Å². The van der Waals surface area contributed by atoms with Crippen molar-refractivity contribution in [2.45, 2.75) is 13.0 Å². The molecule has 1 rings (SSSR count). The highest BCUT2D eigenvalue weighted by Gasteiger charge is 1.97. The Bertz CT molecular complexity index is 330. The first-order chi connectivity index (χ1) is 7.22. The van der Waals surface area contributed by atoms with Gasteiger partial charge in [0.1, 0.15) is 0 Å². The minimum Gasteiger partial charge on any atom is -0.384 e. The van der Waals surface area contributed by atoms with Gasteiger partial charge in [-0.1, -0.05) is 65.0 Å². The van der Waals surface area contributed by atoms with Crippen LogP contribution in [0.3, 0.4) is 0 Å². The van der Waals surface area contributed by atoms with Crippen molar-refractivity contribution in [1.82, 2.24) is 5.32 Å². The van der Waals surface area contributed by atoms with Gasteiger partial charge in [-0.05, 0) is 5.56 Å². The molecule has 0 atom stereocenters. The zero-order valence-electron chi connectivity index (χ0n) is 8.80. The number of halogens is 1. The van der Waals surface area contributed by atoms with Crippen molar-refractivity contribution >= 4 is 15.9 Å². The summed E-state index contributed by atoms with van der Waals surface area (Å²) in [5, 5.41) is 4.12. The average Bonchev–Trinajstić information content (AvgIpc) is 2.27. The maximum absolute atomic E-state index is 3.96. The van der Waals surface area contributed by atoms with Gasteiger partial charge < -0.3 is 5.32 Å². The number of alkyl halides is 1. The standard InChI is InChI=1S/C13H16BrN/c1-11(9-14)8-12(2)15-10-13-6-4-3-5-7-13/h3-7,15H,1-2,8-10H2. The Hall–Kier alpha value is -1.02. The number of rotatable bonds is 6. The van der Waals surface area contributed by atoms with E-state index in [9.17, 15) is 0 Å². The van der Waals surface area contributed by atoms with E-state index in [0.29, 0.717) is 0 Å². The molecule has 1 N–H and O–H groups in total. The van der Waals surface area contributed by atoms with Gasteiger partial charge in [-0.15, -0.1) is 0 Å². The summed E-state index contributed by atoms with van der Waals surface area (Å²) in [5.41, 5.74) is 3.42. The largest absolute Gasteiger partial charge is 0.384 e. The van der Waals surface area contributed by atoms with Gasteiger partial charge in [0.25, 0.3) is 0 Å². The van der Waals surface area contributed by atoms with Crippen molar-refractivity contribution in [3.05, 3.63) is 60.3 Å². The Kier molecular flexibility index (Phi) is 5.19. The van der Waals surface area contributed by atoms with Crippen LogP contribution in [0.2, 0.25) is 0 Å². The topological polar surface area (TPSA) is 12.0 Å². The third-order valence-electron chi connectivity index (χ3n) is 2.04. The Morgan fingerprint density at radius 3 is 2.47 bits per heavy atom. The lowest BCUT2D eigenvalue weighted by molar-refractivity contribution is 0.785. The SMILES string of the molecule is C=C(CBr)CC(=C)NCc1ccccc1. The van der Waals surface area contributed by atoms with Gasteiger partial charge in [-0.2, -0.15) is 0 Å². The van der Waals surface area contributed by atoms with E-state index < -0.39 is 0 Å². The minimum atomic E-state index is 0.829. The summed E-state index contributed by atoms with van der Waals surface area (Å²) in [4.78, 5) is 0. The number of hydrogen-bond donors (Lipinski definition) is 1. The predicted molar refractivity (Wildman–Crippen MR) is 70.0 cm³/mol. The van der Waals surface area contributed by atoms with Crippen molar-refractivity contribution in [1.29, 1.82) is 0 Å². The Morgan fingerprint density at radius 2 is 1.87 bits per heavy atom. The van der Waals surface area contributed by atoms with Crippen LogP contribution in [0.25, 0.3) is 0 Å². The number of nitrogens with one attached hydrogen (secondary N) is 1. The Balaban J connectivity index is 2.32. The molecular formula is C13H16BrN. The molecule has 0 spiro atoms. The maximum atomic E-state index is 3.96. The third-order valence-corrected chi connectivity index (χ3v) is 2.83. The molecule has 0 amide bonds. The molecule has 0 saturated carbocycles. The minimum absolute atomic E-state index is 0.829. The summed E-state index contributed by atoms with van der Waals surface area (Å²) >= 11 is 3.37. The summed E-state index contributed by atoms with van der Waals surface area (Å²) in [6.45, 7) is 8.71. The van der Waals surface area contributed by atoms with Gasteiger partial charge in [0.2, 0.25) is 0 Å². The second kappa shape index (κ2) is 6.46. The molecule has 0 aliphatic heterocycles. The molecule has 1 nitrogen and oxygen atoms in total. The van der Waals surface area contributed by atoms with Crippen LogP contribution in [-0.4, -0.2) is 5.33 Å². The number of allylic oxidation sites excluding steroid dienone is 1. The van der Waals surface area contributed by atoms with Crippen LogP contribution in [0.1, 0.15) is 12.0 Å². The molecule has 2 heteroatoms. The predicted octanol–water partition coefficient (Wildman–Crippen LogP) is 3.63. The first-order valence-corrected chi connectivity index (χ1v) is 6.02. The Labute approximate surface area is 100 Å². The maximum Gasteiger partial charge on any atom is 0.0397 e. The molecule has 0 heterocycles. The summed E-state index contributed by atoms with van der Waals surface area (Å²) in [6, 6.07) is 10.3. The van der Waals surface area contributed by atoms with E-state index in [-0.39, 0.29) is 0 Å². The highest BCUT2D eigenvalue weighted by molar-refractivity contribution is 9.09. The van der Waals surface area contributed by atoms with E-state index in [1.807, 2.05) is 18.2 Å². The highest BCUT2D eigenvalue weighted by Crippen LogP contribution is 2.08. The van der Waals surface area contributed by atoms with Crippen molar-refractivity contribution in [3.63, 3.8) is 0 Å². The molecule has 0 radical (unpaired) electrons. The molecule has 80 valence electrons. The van der Waals surface area contributed by atoms with E-state index in [2.05, 4.69) is 46.5 Å². The average molecular weight is 266 g/mol. The van der Waals surface area contributed by atoms with Crippen LogP contribution in [-0.2, 0) is 6.54 Å². The first-order valence-electron chi connectivity index (χ1n) is 4.90. The van der Waals surface area contributed by atoms with Crippen molar-refractivity contribution in [2.75, 3.05) is 5.33 Å². The summed E-state index contributed by atoms with van der Waals surface area (Å²) in [7, 11) is 0. The normalized spacial score (nSPS) is 9.67. The molecule has 0 bridgehead atoms. The number of benzene rings is 1. The van der Waals surface area contributed by atoms with Gasteiger partial charge in [0, 0.05) is 24.0 Å². The third kappa shape index (κ3) is 4.84. The van der Waals surface area contributed by atoms with Crippen molar-refractivity contribution in [3.8, 4) is 0 Å². The molecule has 0 fully saturated rings. The van der Waals surface area contributed by atoms with Crippen molar-refractivity contribution in [2.24, 2.45) is 0 Å². The van der Waals surface area contributed by atoms with E-state index in [0.717, 1.165) is 29.6 Å². The smallest absolute Gasteiger partial charge is 0.0397 e. The van der Waals surface area contributed by atoms with Crippen LogP contribution >= 0.6 is 15.9 Å². The molecule has 0 unspecified atom stereocenters.